The lowest BCUT2D eigenvalue weighted by Gasteiger charge is -2.63. The smallest absolute Gasteiger partial charge is 0.404 e. The van der Waals surface area contributed by atoms with Gasteiger partial charge >= 0.3 is 13.3 Å². The van der Waals surface area contributed by atoms with Crippen molar-refractivity contribution < 1.29 is 36.9 Å². The first-order chi connectivity index (χ1) is 25.8. The molecular weight excluding hydrogens is 716 g/mol. The quantitative estimate of drug-likeness (QED) is 0.190. The standard InChI is InChI=1S/C39H46BF3N6O6/c1-6-29(40-54-31-25-15-23(36(25,2)3)16-38(31,5)55-40)48-33(52)28-17-37(4,18-30(50)47-26-13-8-7-12-24(26)32(44)51)35-46-20-27(34(53)49(28)35)45-19-21-10-9-11-22(14-21)39(41,42)43/h7-14,20,23,25,28-29,31,45H,6,15-19H2,1-5H3,(H2,44,51)(H,47,50)(H,48,52)/t23?,25?,28-,29-,31?,37-,38-/m0/s1. The molecule has 3 saturated carbocycles. The number of nitrogens with one attached hydrogen (secondary N) is 3. The number of anilines is 2. The van der Waals surface area contributed by atoms with Crippen molar-refractivity contribution in [3.8, 4) is 0 Å². The molecule has 16 heteroatoms. The molecule has 292 valence electrons. The van der Waals surface area contributed by atoms with Gasteiger partial charge < -0.3 is 31.0 Å². The molecule has 3 aromatic rings. The second-order valence-corrected chi connectivity index (χ2v) is 16.6. The molecule has 2 aromatic carbocycles. The highest BCUT2D eigenvalue weighted by molar-refractivity contribution is 6.47. The fourth-order valence-corrected chi connectivity index (χ4v) is 9.26. The molecule has 12 nitrogen and oxygen atoms in total. The van der Waals surface area contributed by atoms with Gasteiger partial charge in [0.2, 0.25) is 11.8 Å². The molecule has 0 spiro atoms. The van der Waals surface area contributed by atoms with Gasteiger partial charge in [-0.05, 0) is 79.7 Å². The van der Waals surface area contributed by atoms with Crippen LogP contribution in [0.25, 0.3) is 0 Å². The van der Waals surface area contributed by atoms with Crippen LogP contribution >= 0.6 is 0 Å². The van der Waals surface area contributed by atoms with E-state index in [4.69, 9.17) is 15.0 Å². The zero-order chi connectivity index (χ0) is 39.7. The summed E-state index contributed by atoms with van der Waals surface area (Å²) in [6.07, 6.45) is -1.17. The summed E-state index contributed by atoms with van der Waals surface area (Å²) in [5.74, 6) is -1.22. The summed E-state index contributed by atoms with van der Waals surface area (Å²) in [6.45, 7) is 10.1. The monoisotopic (exact) mass is 762 g/mol. The fourth-order valence-electron chi connectivity index (χ4n) is 9.26. The summed E-state index contributed by atoms with van der Waals surface area (Å²) in [5.41, 5.74) is 3.18. The maximum absolute atomic E-state index is 14.4. The van der Waals surface area contributed by atoms with Crippen molar-refractivity contribution in [3.63, 3.8) is 0 Å². The average Bonchev–Trinajstić information content (AvgIpc) is 3.64. The van der Waals surface area contributed by atoms with E-state index < -0.39 is 65.1 Å². The minimum absolute atomic E-state index is 0.0180. The zero-order valence-corrected chi connectivity index (χ0v) is 31.5. The Morgan fingerprint density at radius 1 is 1.07 bits per heavy atom. The lowest BCUT2D eigenvalue weighted by Crippen LogP contribution is -2.63. The third-order valence-corrected chi connectivity index (χ3v) is 12.5. The number of rotatable bonds is 11. The molecule has 1 aromatic heterocycles. The van der Waals surface area contributed by atoms with Crippen molar-refractivity contribution in [2.24, 2.45) is 23.0 Å². The van der Waals surface area contributed by atoms with E-state index in [1.165, 1.54) is 29.0 Å². The second kappa shape index (κ2) is 13.8. The number of amides is 3. The van der Waals surface area contributed by atoms with E-state index in [2.05, 4.69) is 41.7 Å². The Hall–Kier alpha value is -4.70. The van der Waals surface area contributed by atoms with Crippen LogP contribution in [0, 0.1) is 17.3 Å². The number of hydrogen-bond donors (Lipinski definition) is 4. The molecule has 8 rings (SSSR count). The van der Waals surface area contributed by atoms with E-state index in [0.29, 0.717) is 18.3 Å². The van der Waals surface area contributed by atoms with Gasteiger partial charge in [0.25, 0.3) is 11.5 Å². The Labute approximate surface area is 317 Å². The lowest BCUT2D eigenvalue weighted by molar-refractivity contribution is -0.185. The summed E-state index contributed by atoms with van der Waals surface area (Å²) in [4.78, 5) is 58.8. The first kappa shape index (κ1) is 38.6. The van der Waals surface area contributed by atoms with Gasteiger partial charge in [-0.2, -0.15) is 13.2 Å². The molecule has 3 amide bonds. The molecule has 3 aliphatic carbocycles. The van der Waals surface area contributed by atoms with Crippen LogP contribution in [0.1, 0.15) is 100 Å². The van der Waals surface area contributed by atoms with Crippen LogP contribution in [0.15, 0.2) is 59.5 Å². The Bertz CT molecular complexity index is 2090. The highest BCUT2D eigenvalue weighted by atomic mass is 19.4. The maximum Gasteiger partial charge on any atom is 0.481 e. The Morgan fingerprint density at radius 3 is 2.51 bits per heavy atom. The lowest BCUT2D eigenvalue weighted by atomic mass is 9.45. The Balaban J connectivity index is 1.16. The number of carbonyl (C=O) groups excluding carboxylic acids is 3. The van der Waals surface area contributed by atoms with Crippen molar-refractivity contribution in [2.45, 2.75) is 109 Å². The molecule has 55 heavy (non-hydrogen) atoms. The summed E-state index contributed by atoms with van der Waals surface area (Å²) in [7, 11) is -0.710. The highest BCUT2D eigenvalue weighted by Gasteiger charge is 2.67. The van der Waals surface area contributed by atoms with E-state index >= 15 is 0 Å². The number of carbonyl (C=O) groups is 3. The number of alkyl halides is 3. The number of hydrogen-bond acceptors (Lipinski definition) is 8. The van der Waals surface area contributed by atoms with Crippen molar-refractivity contribution in [1.82, 2.24) is 14.9 Å². The predicted octanol–water partition coefficient (Wildman–Crippen LogP) is 5.37. The van der Waals surface area contributed by atoms with E-state index in [1.807, 2.05) is 6.92 Å². The van der Waals surface area contributed by atoms with Gasteiger partial charge in [0.05, 0.1) is 40.7 Å². The molecule has 5 aliphatic rings. The normalized spacial score (nSPS) is 28.0. The minimum atomic E-state index is -4.54. The zero-order valence-electron chi connectivity index (χ0n) is 31.5. The topological polar surface area (TPSA) is 167 Å². The Kier molecular flexibility index (Phi) is 9.68. The number of primary amides is 1. The van der Waals surface area contributed by atoms with Crippen LogP contribution in [-0.4, -0.2) is 52.0 Å². The SMILES string of the molecule is CC[C@H](NC(=O)[C@@H]1C[C@@](C)(CC(=O)Nc2ccccc2C(N)=O)c2ncc(NCc3cccc(C(F)(F)F)c3)c(=O)n21)B1OC2C3CC(C[C@]2(C)O1)C3(C)C. The number of halogens is 3. The molecule has 1 saturated heterocycles. The third kappa shape index (κ3) is 6.92. The molecule has 2 aliphatic heterocycles. The number of benzene rings is 2. The van der Waals surface area contributed by atoms with Crippen LogP contribution in [0.2, 0.25) is 0 Å². The van der Waals surface area contributed by atoms with Crippen LogP contribution in [-0.2, 0) is 37.0 Å². The van der Waals surface area contributed by atoms with Crippen LogP contribution < -0.4 is 27.2 Å². The summed E-state index contributed by atoms with van der Waals surface area (Å²) >= 11 is 0. The summed E-state index contributed by atoms with van der Waals surface area (Å²) in [6, 6.07) is 9.93. The maximum atomic E-state index is 14.4. The number of fused-ring (bicyclic) bond motifs is 1. The largest absolute Gasteiger partial charge is 0.481 e. The van der Waals surface area contributed by atoms with Crippen molar-refractivity contribution in [3.05, 3.63) is 87.6 Å². The average molecular weight is 763 g/mol. The van der Waals surface area contributed by atoms with Crippen LogP contribution in [0.4, 0.5) is 24.5 Å². The molecule has 0 radical (unpaired) electrons. The fraction of sp³-hybridized carbons (Fsp3) is 0.513. The Morgan fingerprint density at radius 2 is 1.82 bits per heavy atom. The summed E-state index contributed by atoms with van der Waals surface area (Å²) < 4.78 is 54.5. The molecule has 4 fully saturated rings. The molecular formula is C39H46BF3N6O6. The van der Waals surface area contributed by atoms with Gasteiger partial charge in [-0.1, -0.05) is 52.0 Å². The minimum Gasteiger partial charge on any atom is -0.404 e. The third-order valence-electron chi connectivity index (χ3n) is 12.5. The number of aromatic nitrogens is 2. The molecule has 5 N–H and O–H groups in total. The van der Waals surface area contributed by atoms with Gasteiger partial charge in [-0.3, -0.25) is 23.7 Å². The molecule has 2 bridgehead atoms. The summed E-state index contributed by atoms with van der Waals surface area (Å²) in [5, 5.41) is 8.73. The van der Waals surface area contributed by atoms with E-state index in [1.54, 1.807) is 25.1 Å². The van der Waals surface area contributed by atoms with E-state index in [9.17, 15) is 32.3 Å². The number of nitrogens with zero attached hydrogens (tertiary/aromatic N) is 2. The van der Waals surface area contributed by atoms with Crippen molar-refractivity contribution in [2.75, 3.05) is 10.6 Å². The molecule has 3 heterocycles. The van der Waals surface area contributed by atoms with Gasteiger partial charge in [-0.15, -0.1) is 0 Å². The van der Waals surface area contributed by atoms with Crippen LogP contribution in [0.3, 0.4) is 0 Å². The predicted molar refractivity (Wildman–Crippen MR) is 199 cm³/mol. The van der Waals surface area contributed by atoms with Gasteiger partial charge in [0.1, 0.15) is 17.6 Å². The second-order valence-electron chi connectivity index (χ2n) is 16.6. The number of nitrogens with two attached hydrogens (primary N) is 1. The van der Waals surface area contributed by atoms with Crippen molar-refractivity contribution in [1.29, 1.82) is 0 Å². The first-order valence-corrected chi connectivity index (χ1v) is 18.7. The molecule has 3 unspecified atom stereocenters. The van der Waals surface area contributed by atoms with Gasteiger partial charge in [0, 0.05) is 18.4 Å². The van der Waals surface area contributed by atoms with Crippen LogP contribution in [0.5, 0.6) is 0 Å². The van der Waals surface area contributed by atoms with Gasteiger partial charge in [-0.25, -0.2) is 4.98 Å². The molecule has 7 atom stereocenters. The van der Waals surface area contributed by atoms with E-state index in [-0.39, 0.29) is 59.2 Å². The van der Waals surface area contributed by atoms with E-state index in [0.717, 1.165) is 25.0 Å². The highest BCUT2D eigenvalue weighted by Crippen LogP contribution is 2.64. The van der Waals surface area contributed by atoms with Crippen molar-refractivity contribution >= 4 is 36.2 Å². The first-order valence-electron chi connectivity index (χ1n) is 18.7. The van der Waals surface area contributed by atoms with Gasteiger partial charge in [0.15, 0.2) is 0 Å². The number of para-hydroxylation sites is 1.